The topological polar surface area (TPSA) is 38.1 Å². The van der Waals surface area contributed by atoms with Crippen molar-refractivity contribution >= 4 is 23.7 Å². The highest BCUT2D eigenvalue weighted by Crippen LogP contribution is 2.12. The molecule has 3 nitrogen and oxygen atoms in total. The maximum absolute atomic E-state index is 5.12. The quantitative estimate of drug-likeness (QED) is 0.850. The van der Waals surface area contributed by atoms with Gasteiger partial charge < -0.3 is 9.84 Å². The molecule has 2 rings (SSSR count). The molecule has 0 spiro atoms. The number of hydrogen-bond acceptors (Lipinski definition) is 4. The van der Waals surface area contributed by atoms with Crippen LogP contribution >= 0.6 is 23.7 Å². The Kier molecular flexibility index (Phi) is 5.68. The standard InChI is InChI=1S/C12H16N2OS.ClH/c1-9-12(10(2)15-14-9)5-6-13-8-11-4-3-7-16-11;/h3-4,7,13H,5-6,8H2,1-2H3;1H. The zero-order valence-corrected chi connectivity index (χ0v) is 11.7. The summed E-state index contributed by atoms with van der Waals surface area (Å²) in [6, 6.07) is 4.23. The summed E-state index contributed by atoms with van der Waals surface area (Å²) < 4.78 is 5.12. The molecule has 2 aromatic rings. The van der Waals surface area contributed by atoms with E-state index >= 15 is 0 Å². The summed E-state index contributed by atoms with van der Waals surface area (Å²) in [7, 11) is 0. The summed E-state index contributed by atoms with van der Waals surface area (Å²) >= 11 is 1.78. The van der Waals surface area contributed by atoms with E-state index in [0.717, 1.165) is 31.0 Å². The molecule has 5 heteroatoms. The van der Waals surface area contributed by atoms with Gasteiger partial charge >= 0.3 is 0 Å². The molecule has 0 saturated heterocycles. The normalized spacial score (nSPS) is 10.2. The second kappa shape index (κ2) is 6.79. The Morgan fingerprint density at radius 2 is 2.24 bits per heavy atom. The predicted octanol–water partition coefficient (Wildman–Crippen LogP) is 3.11. The molecular weight excluding hydrogens is 256 g/mol. The lowest BCUT2D eigenvalue weighted by molar-refractivity contribution is 0.392. The fraction of sp³-hybridized carbons (Fsp3) is 0.417. The van der Waals surface area contributed by atoms with Crippen LogP contribution in [0.2, 0.25) is 0 Å². The van der Waals surface area contributed by atoms with E-state index in [1.165, 1.54) is 10.4 Å². The van der Waals surface area contributed by atoms with Gasteiger partial charge in [-0.05, 0) is 38.3 Å². The Balaban J connectivity index is 0.00000144. The van der Waals surface area contributed by atoms with Gasteiger partial charge in [0.05, 0.1) is 5.69 Å². The van der Waals surface area contributed by atoms with Crippen LogP contribution in [0.1, 0.15) is 21.9 Å². The van der Waals surface area contributed by atoms with E-state index in [-0.39, 0.29) is 12.4 Å². The first-order chi connectivity index (χ1) is 7.77. The van der Waals surface area contributed by atoms with Gasteiger partial charge in [-0.1, -0.05) is 11.2 Å². The maximum Gasteiger partial charge on any atom is 0.137 e. The Morgan fingerprint density at radius 3 is 2.82 bits per heavy atom. The molecule has 2 heterocycles. The number of thiophene rings is 1. The Bertz CT molecular complexity index is 420. The Labute approximate surface area is 112 Å². The molecule has 0 fully saturated rings. The van der Waals surface area contributed by atoms with Crippen molar-refractivity contribution in [2.24, 2.45) is 0 Å². The van der Waals surface area contributed by atoms with Crippen molar-refractivity contribution in [2.75, 3.05) is 6.54 Å². The monoisotopic (exact) mass is 272 g/mol. The van der Waals surface area contributed by atoms with Crippen molar-refractivity contribution in [1.29, 1.82) is 0 Å². The third-order valence-corrected chi connectivity index (χ3v) is 3.49. The van der Waals surface area contributed by atoms with E-state index in [1.807, 2.05) is 13.8 Å². The van der Waals surface area contributed by atoms with Gasteiger partial charge in [-0.3, -0.25) is 0 Å². The minimum absolute atomic E-state index is 0. The molecule has 1 N–H and O–H groups in total. The molecule has 0 unspecified atom stereocenters. The van der Waals surface area contributed by atoms with E-state index in [0.29, 0.717) is 0 Å². The van der Waals surface area contributed by atoms with Gasteiger partial charge in [0.1, 0.15) is 5.76 Å². The summed E-state index contributed by atoms with van der Waals surface area (Å²) in [4.78, 5) is 1.37. The molecule has 0 aliphatic rings. The molecule has 94 valence electrons. The van der Waals surface area contributed by atoms with Crippen molar-refractivity contribution in [1.82, 2.24) is 10.5 Å². The molecule has 0 bridgehead atoms. The SMILES string of the molecule is Cc1noc(C)c1CCNCc1cccs1.Cl. The Morgan fingerprint density at radius 1 is 1.41 bits per heavy atom. The number of halogens is 1. The lowest BCUT2D eigenvalue weighted by atomic mass is 10.1. The van der Waals surface area contributed by atoms with Crippen LogP contribution in [0.25, 0.3) is 0 Å². The molecule has 0 atom stereocenters. The van der Waals surface area contributed by atoms with Crippen molar-refractivity contribution < 1.29 is 4.52 Å². The molecular formula is C12H17ClN2OS. The first-order valence-corrected chi connectivity index (χ1v) is 6.30. The van der Waals surface area contributed by atoms with Crippen LogP contribution < -0.4 is 5.32 Å². The lowest BCUT2D eigenvalue weighted by Gasteiger charge is -2.02. The molecule has 17 heavy (non-hydrogen) atoms. The van der Waals surface area contributed by atoms with Crippen molar-refractivity contribution in [3.05, 3.63) is 39.4 Å². The van der Waals surface area contributed by atoms with E-state index in [9.17, 15) is 0 Å². The van der Waals surface area contributed by atoms with E-state index in [1.54, 1.807) is 11.3 Å². The van der Waals surface area contributed by atoms with Crippen molar-refractivity contribution in [3.63, 3.8) is 0 Å². The van der Waals surface area contributed by atoms with Gasteiger partial charge in [-0.15, -0.1) is 23.7 Å². The third kappa shape index (κ3) is 3.84. The number of aryl methyl sites for hydroxylation is 2. The van der Waals surface area contributed by atoms with Crippen LogP contribution in [-0.4, -0.2) is 11.7 Å². The summed E-state index contributed by atoms with van der Waals surface area (Å²) in [6.45, 7) is 5.86. The highest BCUT2D eigenvalue weighted by molar-refractivity contribution is 7.09. The third-order valence-electron chi connectivity index (χ3n) is 2.61. The van der Waals surface area contributed by atoms with E-state index in [4.69, 9.17) is 4.52 Å². The van der Waals surface area contributed by atoms with Gasteiger partial charge in [0.25, 0.3) is 0 Å². The van der Waals surface area contributed by atoms with E-state index in [2.05, 4.69) is 28.0 Å². The molecule has 2 aromatic heterocycles. The van der Waals surface area contributed by atoms with Crippen LogP contribution in [0, 0.1) is 13.8 Å². The fourth-order valence-corrected chi connectivity index (χ4v) is 2.37. The van der Waals surface area contributed by atoms with Crippen LogP contribution in [0.4, 0.5) is 0 Å². The van der Waals surface area contributed by atoms with Gasteiger partial charge in [-0.2, -0.15) is 0 Å². The second-order valence-electron chi connectivity index (χ2n) is 3.81. The Hall–Kier alpha value is -0.840. The molecule has 0 aliphatic carbocycles. The van der Waals surface area contributed by atoms with E-state index < -0.39 is 0 Å². The van der Waals surface area contributed by atoms with Gasteiger partial charge in [-0.25, -0.2) is 0 Å². The zero-order valence-electron chi connectivity index (χ0n) is 10.0. The fourth-order valence-electron chi connectivity index (χ4n) is 1.70. The summed E-state index contributed by atoms with van der Waals surface area (Å²) in [5, 5.41) is 9.47. The minimum Gasteiger partial charge on any atom is -0.361 e. The number of rotatable bonds is 5. The van der Waals surface area contributed by atoms with Gasteiger partial charge in [0.15, 0.2) is 0 Å². The highest BCUT2D eigenvalue weighted by Gasteiger charge is 2.07. The average molecular weight is 273 g/mol. The maximum atomic E-state index is 5.12. The summed E-state index contributed by atoms with van der Waals surface area (Å²) in [6.07, 6.45) is 0.979. The largest absolute Gasteiger partial charge is 0.361 e. The average Bonchev–Trinajstić information content (AvgIpc) is 2.87. The van der Waals surface area contributed by atoms with Crippen LogP contribution in [0.15, 0.2) is 22.0 Å². The summed E-state index contributed by atoms with van der Waals surface area (Å²) in [5.41, 5.74) is 2.24. The smallest absolute Gasteiger partial charge is 0.137 e. The highest BCUT2D eigenvalue weighted by atomic mass is 35.5. The zero-order chi connectivity index (χ0) is 11.4. The number of hydrogen-bond donors (Lipinski definition) is 1. The molecule has 0 saturated carbocycles. The first-order valence-electron chi connectivity index (χ1n) is 5.42. The van der Waals surface area contributed by atoms with Crippen LogP contribution in [-0.2, 0) is 13.0 Å². The van der Waals surface area contributed by atoms with Gasteiger partial charge in [0, 0.05) is 17.0 Å². The number of nitrogens with one attached hydrogen (secondary N) is 1. The number of nitrogens with zero attached hydrogens (tertiary/aromatic N) is 1. The summed E-state index contributed by atoms with van der Waals surface area (Å²) in [5.74, 6) is 0.940. The molecule has 0 radical (unpaired) electrons. The predicted molar refractivity (Wildman–Crippen MR) is 73.0 cm³/mol. The molecule has 0 aromatic carbocycles. The van der Waals surface area contributed by atoms with Crippen LogP contribution in [0.5, 0.6) is 0 Å². The van der Waals surface area contributed by atoms with Crippen LogP contribution in [0.3, 0.4) is 0 Å². The lowest BCUT2D eigenvalue weighted by Crippen LogP contribution is -2.16. The van der Waals surface area contributed by atoms with Gasteiger partial charge in [0.2, 0.25) is 0 Å². The minimum atomic E-state index is 0. The van der Waals surface area contributed by atoms with Crippen molar-refractivity contribution in [3.8, 4) is 0 Å². The van der Waals surface area contributed by atoms with Crippen molar-refractivity contribution in [2.45, 2.75) is 26.8 Å². The number of aromatic nitrogens is 1. The molecule has 0 amide bonds. The second-order valence-corrected chi connectivity index (χ2v) is 4.84. The first kappa shape index (κ1) is 14.2. The molecule has 0 aliphatic heterocycles.